The summed E-state index contributed by atoms with van der Waals surface area (Å²) in [6, 6.07) is 7.09. The fraction of sp³-hybridized carbons (Fsp3) is 0.435. The first kappa shape index (κ1) is 22.4. The summed E-state index contributed by atoms with van der Waals surface area (Å²) in [4.78, 5) is 19.7. The third kappa shape index (κ3) is 5.53. The summed E-state index contributed by atoms with van der Waals surface area (Å²) in [6.07, 6.45) is 0.423. The number of hydrogen-bond donors (Lipinski definition) is 1. The van der Waals surface area contributed by atoms with Crippen molar-refractivity contribution in [1.82, 2.24) is 15.0 Å². The Bertz CT molecular complexity index is 1050. The Morgan fingerprint density at radius 1 is 1.28 bits per heavy atom. The van der Waals surface area contributed by atoms with E-state index < -0.39 is 0 Å². The molecule has 1 amide bonds. The van der Waals surface area contributed by atoms with Gasteiger partial charge in [-0.05, 0) is 45.9 Å². The zero-order chi connectivity index (χ0) is 22.7. The summed E-state index contributed by atoms with van der Waals surface area (Å²) in [5.41, 5.74) is 3.17. The van der Waals surface area contributed by atoms with Gasteiger partial charge in [-0.2, -0.15) is 0 Å². The quantitative estimate of drug-likeness (QED) is 0.570. The third-order valence-electron chi connectivity index (χ3n) is 5.31. The van der Waals surface area contributed by atoms with Gasteiger partial charge in [-0.3, -0.25) is 15.0 Å². The Hall–Kier alpha value is -2.75. The van der Waals surface area contributed by atoms with E-state index in [4.69, 9.17) is 14.0 Å². The van der Waals surface area contributed by atoms with Crippen molar-refractivity contribution in [3.63, 3.8) is 0 Å². The first-order chi connectivity index (χ1) is 15.4. The van der Waals surface area contributed by atoms with E-state index in [1.165, 1.54) is 11.3 Å². The zero-order valence-electron chi connectivity index (χ0n) is 18.8. The molecule has 32 heavy (non-hydrogen) atoms. The molecule has 3 heterocycles. The first-order valence-corrected chi connectivity index (χ1v) is 11.5. The van der Waals surface area contributed by atoms with Gasteiger partial charge in [0.2, 0.25) is 0 Å². The molecule has 170 valence electrons. The second-order valence-electron chi connectivity index (χ2n) is 8.17. The number of carbonyl (C=O) groups is 1. The number of benzene rings is 1. The topological polar surface area (TPSA) is 89.7 Å². The third-order valence-corrected chi connectivity index (χ3v) is 6.12. The summed E-state index contributed by atoms with van der Waals surface area (Å²) in [5, 5.41) is 9.40. The highest BCUT2D eigenvalue weighted by Gasteiger charge is 2.23. The van der Waals surface area contributed by atoms with Crippen LogP contribution in [-0.4, -0.2) is 46.2 Å². The van der Waals surface area contributed by atoms with Crippen LogP contribution in [0.3, 0.4) is 0 Å². The van der Waals surface area contributed by atoms with Crippen LogP contribution < -0.4 is 10.1 Å². The van der Waals surface area contributed by atoms with Gasteiger partial charge in [0, 0.05) is 30.6 Å². The number of amides is 1. The lowest BCUT2D eigenvalue weighted by atomic mass is 10.2. The largest absolute Gasteiger partial charge is 0.489 e. The number of nitrogens with zero attached hydrogens (tertiary/aromatic N) is 3. The van der Waals surface area contributed by atoms with Crippen LogP contribution in [-0.2, 0) is 17.9 Å². The van der Waals surface area contributed by atoms with Gasteiger partial charge in [0.1, 0.15) is 18.1 Å². The van der Waals surface area contributed by atoms with Gasteiger partial charge in [0.25, 0.3) is 5.91 Å². The van der Waals surface area contributed by atoms with Crippen molar-refractivity contribution in [1.29, 1.82) is 0 Å². The number of morpholine rings is 1. The Kier molecular flexibility index (Phi) is 6.88. The number of carbonyl (C=O) groups excluding carboxylic acids is 1. The maximum atomic E-state index is 12.7. The van der Waals surface area contributed by atoms with Gasteiger partial charge < -0.3 is 14.0 Å². The normalized spacial score (nSPS) is 19.1. The molecule has 0 spiro atoms. The minimum absolute atomic E-state index is 0.212. The monoisotopic (exact) mass is 456 g/mol. The minimum atomic E-state index is -0.220. The molecule has 2 aromatic heterocycles. The summed E-state index contributed by atoms with van der Waals surface area (Å²) in [6.45, 7) is 10.7. The van der Waals surface area contributed by atoms with E-state index in [9.17, 15) is 4.79 Å². The molecule has 9 heteroatoms. The van der Waals surface area contributed by atoms with E-state index in [1.54, 1.807) is 18.2 Å². The number of hydrogen-bond acceptors (Lipinski definition) is 8. The molecule has 0 radical (unpaired) electrons. The molecule has 0 unspecified atom stereocenters. The number of rotatable bonds is 7. The van der Waals surface area contributed by atoms with Crippen LogP contribution >= 0.6 is 11.3 Å². The Morgan fingerprint density at radius 3 is 2.78 bits per heavy atom. The summed E-state index contributed by atoms with van der Waals surface area (Å²) < 4.78 is 16.8. The Morgan fingerprint density at radius 2 is 2.06 bits per heavy atom. The van der Waals surface area contributed by atoms with E-state index in [2.05, 4.69) is 34.2 Å². The highest BCUT2D eigenvalue weighted by atomic mass is 32.1. The number of thiazole rings is 1. The average molecular weight is 457 g/mol. The molecule has 1 saturated heterocycles. The standard InChI is InChI=1S/C23H28N4O4S/c1-14-9-27(10-15(2)30-14)11-19-13-32-23(24-19)25-22(28)18-6-5-7-20(8-18)29-12-21-16(3)26-31-17(21)4/h5-8,13-15H,9-12H2,1-4H3,(H,24,25,28)/t14-,15-/m0/s1. The van der Waals surface area contributed by atoms with Crippen LogP contribution in [0.5, 0.6) is 5.75 Å². The van der Waals surface area contributed by atoms with E-state index in [-0.39, 0.29) is 18.1 Å². The van der Waals surface area contributed by atoms with Gasteiger partial charge in [-0.1, -0.05) is 11.2 Å². The molecule has 1 aliphatic heterocycles. The Labute approximate surface area is 191 Å². The lowest BCUT2D eigenvalue weighted by Crippen LogP contribution is -2.44. The SMILES string of the molecule is Cc1noc(C)c1COc1cccc(C(=O)Nc2nc(CN3C[C@H](C)O[C@@H](C)C3)cs2)c1. The minimum Gasteiger partial charge on any atom is -0.489 e. The van der Waals surface area contributed by atoms with Crippen LogP contribution in [0.4, 0.5) is 5.13 Å². The second kappa shape index (κ2) is 9.81. The van der Waals surface area contributed by atoms with Crippen molar-refractivity contribution in [2.24, 2.45) is 0 Å². The number of anilines is 1. The molecule has 1 aliphatic rings. The predicted octanol–water partition coefficient (Wildman–Crippen LogP) is 4.19. The molecular formula is C23H28N4O4S. The molecular weight excluding hydrogens is 428 g/mol. The van der Waals surface area contributed by atoms with Crippen molar-refractivity contribution < 1.29 is 18.8 Å². The molecule has 0 aliphatic carbocycles. The predicted molar refractivity (Wildman–Crippen MR) is 122 cm³/mol. The van der Waals surface area contributed by atoms with Crippen LogP contribution in [0, 0.1) is 13.8 Å². The van der Waals surface area contributed by atoms with Crippen molar-refractivity contribution in [3.8, 4) is 5.75 Å². The molecule has 8 nitrogen and oxygen atoms in total. The molecule has 0 bridgehead atoms. The van der Waals surface area contributed by atoms with Gasteiger partial charge in [-0.15, -0.1) is 11.3 Å². The summed E-state index contributed by atoms with van der Waals surface area (Å²) >= 11 is 1.43. The van der Waals surface area contributed by atoms with Crippen molar-refractivity contribution >= 4 is 22.4 Å². The summed E-state index contributed by atoms with van der Waals surface area (Å²) in [7, 11) is 0. The highest BCUT2D eigenvalue weighted by molar-refractivity contribution is 7.14. The van der Waals surface area contributed by atoms with Crippen molar-refractivity contribution in [2.45, 2.75) is 53.1 Å². The van der Waals surface area contributed by atoms with Crippen LogP contribution in [0.25, 0.3) is 0 Å². The molecule has 1 fully saturated rings. The highest BCUT2D eigenvalue weighted by Crippen LogP contribution is 2.22. The van der Waals surface area contributed by atoms with Crippen LogP contribution in [0.1, 0.15) is 46.9 Å². The number of ether oxygens (including phenoxy) is 2. The fourth-order valence-corrected chi connectivity index (χ4v) is 4.54. The maximum absolute atomic E-state index is 12.7. The Balaban J connectivity index is 1.34. The lowest BCUT2D eigenvalue weighted by Gasteiger charge is -2.34. The zero-order valence-corrected chi connectivity index (χ0v) is 19.6. The molecule has 1 aromatic carbocycles. The lowest BCUT2D eigenvalue weighted by molar-refractivity contribution is -0.0707. The smallest absolute Gasteiger partial charge is 0.257 e. The number of aryl methyl sites for hydroxylation is 2. The first-order valence-electron chi connectivity index (χ1n) is 10.7. The van der Waals surface area contributed by atoms with E-state index >= 15 is 0 Å². The molecule has 1 N–H and O–H groups in total. The van der Waals surface area contributed by atoms with E-state index in [0.717, 1.165) is 42.3 Å². The van der Waals surface area contributed by atoms with E-state index in [1.807, 2.05) is 25.3 Å². The van der Waals surface area contributed by atoms with Crippen LogP contribution in [0.2, 0.25) is 0 Å². The van der Waals surface area contributed by atoms with Gasteiger partial charge >= 0.3 is 0 Å². The van der Waals surface area contributed by atoms with Crippen molar-refractivity contribution in [2.75, 3.05) is 18.4 Å². The summed E-state index contributed by atoms with van der Waals surface area (Å²) in [5.74, 6) is 1.12. The number of aromatic nitrogens is 2. The second-order valence-corrected chi connectivity index (χ2v) is 9.03. The fourth-order valence-electron chi connectivity index (χ4n) is 3.84. The van der Waals surface area contributed by atoms with Crippen molar-refractivity contribution in [3.05, 3.63) is 57.9 Å². The van der Waals surface area contributed by atoms with Gasteiger partial charge in [-0.25, -0.2) is 4.98 Å². The molecule has 3 aromatic rings. The molecule has 0 saturated carbocycles. The molecule has 2 atom stereocenters. The van der Waals surface area contributed by atoms with Gasteiger partial charge in [0.05, 0.1) is 29.2 Å². The van der Waals surface area contributed by atoms with Crippen LogP contribution in [0.15, 0.2) is 34.2 Å². The van der Waals surface area contributed by atoms with E-state index in [0.29, 0.717) is 23.1 Å². The maximum Gasteiger partial charge on any atom is 0.257 e. The molecule has 4 rings (SSSR count). The average Bonchev–Trinajstić information content (AvgIpc) is 3.31. The number of nitrogens with one attached hydrogen (secondary N) is 1. The van der Waals surface area contributed by atoms with Gasteiger partial charge in [0.15, 0.2) is 5.13 Å².